The predicted octanol–water partition coefficient (Wildman–Crippen LogP) is -0.630. The summed E-state index contributed by atoms with van der Waals surface area (Å²) < 4.78 is 27.7. The van der Waals surface area contributed by atoms with Crippen LogP contribution in [-0.4, -0.2) is 46.2 Å². The first kappa shape index (κ1) is 16.9. The number of rotatable bonds is 5. The summed E-state index contributed by atoms with van der Waals surface area (Å²) in [4.78, 5) is 12.1. The summed E-state index contributed by atoms with van der Waals surface area (Å²) in [6.07, 6.45) is 0.460. The molecule has 1 heterocycles. The van der Waals surface area contributed by atoms with Crippen molar-refractivity contribution in [3.63, 3.8) is 0 Å². The van der Waals surface area contributed by atoms with Gasteiger partial charge in [-0.15, -0.1) is 0 Å². The Balaban J connectivity index is 1.82. The smallest absolute Gasteiger partial charge is 0.239 e. The quantitative estimate of drug-likeness (QED) is 0.667. The first-order valence-corrected chi connectivity index (χ1v) is 8.67. The van der Waals surface area contributed by atoms with Gasteiger partial charge in [-0.25, -0.2) is 13.6 Å². The van der Waals surface area contributed by atoms with E-state index in [1.165, 1.54) is 12.1 Å². The Morgan fingerprint density at radius 2 is 2.09 bits per heavy atom. The van der Waals surface area contributed by atoms with Crippen LogP contribution in [0.3, 0.4) is 0 Å². The maximum absolute atomic E-state index is 12.0. The Labute approximate surface area is 130 Å². The van der Waals surface area contributed by atoms with Crippen molar-refractivity contribution in [3.05, 3.63) is 29.8 Å². The van der Waals surface area contributed by atoms with E-state index in [1.54, 1.807) is 12.1 Å². The van der Waals surface area contributed by atoms with Crippen LogP contribution in [0.5, 0.6) is 0 Å². The Morgan fingerprint density at radius 3 is 2.68 bits per heavy atom. The molecule has 2 atom stereocenters. The molecule has 1 amide bonds. The lowest BCUT2D eigenvalue weighted by Gasteiger charge is -2.29. The zero-order valence-corrected chi connectivity index (χ0v) is 13.2. The van der Waals surface area contributed by atoms with Gasteiger partial charge in [-0.05, 0) is 31.0 Å². The number of hydrogen-bond acceptors (Lipinski definition) is 5. The van der Waals surface area contributed by atoms with Crippen molar-refractivity contribution >= 4 is 15.9 Å². The maximum atomic E-state index is 12.0. The van der Waals surface area contributed by atoms with Crippen LogP contribution in [-0.2, 0) is 26.0 Å². The molecule has 1 aliphatic rings. The molecular formula is C14H21N3O4S. The number of hydrogen-bond donors (Lipinski definition) is 3. The number of nitrogens with one attached hydrogen (secondary N) is 2. The van der Waals surface area contributed by atoms with Crippen molar-refractivity contribution in [1.82, 2.24) is 10.6 Å². The number of benzene rings is 1. The van der Waals surface area contributed by atoms with E-state index in [0.29, 0.717) is 26.1 Å². The highest BCUT2D eigenvalue weighted by atomic mass is 32.2. The number of ether oxygens (including phenoxy) is 1. The molecule has 2 rings (SSSR count). The fraction of sp³-hybridized carbons (Fsp3) is 0.500. The second-order valence-electron chi connectivity index (χ2n) is 5.24. The van der Waals surface area contributed by atoms with Crippen LogP contribution >= 0.6 is 0 Å². The van der Waals surface area contributed by atoms with Crippen LogP contribution < -0.4 is 15.8 Å². The Hall–Kier alpha value is -1.48. The molecule has 0 saturated carbocycles. The third-order valence-electron chi connectivity index (χ3n) is 3.56. The van der Waals surface area contributed by atoms with E-state index in [0.717, 1.165) is 5.56 Å². The molecule has 0 aliphatic carbocycles. The van der Waals surface area contributed by atoms with Crippen LogP contribution in [0.2, 0.25) is 0 Å². The average molecular weight is 327 g/mol. The SMILES string of the molecule is C[C@H]1OCCN[C@@H]1C(=O)NCCc1ccc(S(N)(=O)=O)cc1. The number of morpholine rings is 1. The minimum absolute atomic E-state index is 0.0812. The van der Waals surface area contributed by atoms with E-state index >= 15 is 0 Å². The number of nitrogens with two attached hydrogens (primary N) is 1. The molecule has 0 radical (unpaired) electrons. The fourth-order valence-electron chi connectivity index (χ4n) is 2.31. The maximum Gasteiger partial charge on any atom is 0.239 e. The molecule has 122 valence electrons. The zero-order valence-electron chi connectivity index (χ0n) is 12.4. The van der Waals surface area contributed by atoms with Gasteiger partial charge in [0.25, 0.3) is 0 Å². The minimum atomic E-state index is -3.67. The molecule has 0 unspecified atom stereocenters. The molecule has 0 spiro atoms. The molecule has 7 nitrogen and oxygen atoms in total. The zero-order chi connectivity index (χ0) is 16.2. The lowest BCUT2D eigenvalue weighted by molar-refractivity contribution is -0.128. The Morgan fingerprint density at radius 1 is 1.41 bits per heavy atom. The second-order valence-corrected chi connectivity index (χ2v) is 6.80. The third-order valence-corrected chi connectivity index (χ3v) is 4.49. The first-order chi connectivity index (χ1) is 10.4. The van der Waals surface area contributed by atoms with Crippen molar-refractivity contribution in [2.24, 2.45) is 5.14 Å². The molecule has 1 aromatic rings. The summed E-state index contributed by atoms with van der Waals surface area (Å²) in [5, 5.41) is 11.0. The predicted molar refractivity (Wildman–Crippen MR) is 81.7 cm³/mol. The lowest BCUT2D eigenvalue weighted by atomic mass is 10.1. The van der Waals surface area contributed by atoms with Gasteiger partial charge in [-0.2, -0.15) is 0 Å². The summed E-state index contributed by atoms with van der Waals surface area (Å²) in [5.41, 5.74) is 0.925. The largest absolute Gasteiger partial charge is 0.375 e. The van der Waals surface area contributed by atoms with Gasteiger partial charge in [0, 0.05) is 13.1 Å². The van der Waals surface area contributed by atoms with Crippen LogP contribution in [0.1, 0.15) is 12.5 Å². The van der Waals surface area contributed by atoms with E-state index in [-0.39, 0.29) is 22.9 Å². The van der Waals surface area contributed by atoms with E-state index < -0.39 is 10.0 Å². The van der Waals surface area contributed by atoms with Gasteiger partial charge in [-0.3, -0.25) is 4.79 Å². The number of amides is 1. The van der Waals surface area contributed by atoms with E-state index in [9.17, 15) is 13.2 Å². The highest BCUT2D eigenvalue weighted by Crippen LogP contribution is 2.09. The second kappa shape index (κ2) is 7.19. The van der Waals surface area contributed by atoms with Crippen LogP contribution in [0, 0.1) is 0 Å². The van der Waals surface area contributed by atoms with Gasteiger partial charge < -0.3 is 15.4 Å². The minimum Gasteiger partial charge on any atom is -0.375 e. The van der Waals surface area contributed by atoms with Gasteiger partial charge >= 0.3 is 0 Å². The summed E-state index contributed by atoms with van der Waals surface area (Å²) in [7, 11) is -3.67. The van der Waals surface area contributed by atoms with Gasteiger partial charge in [0.05, 0.1) is 17.6 Å². The monoisotopic (exact) mass is 327 g/mol. The highest BCUT2D eigenvalue weighted by Gasteiger charge is 2.27. The Kier molecular flexibility index (Phi) is 5.52. The molecule has 0 aromatic heterocycles. The van der Waals surface area contributed by atoms with Crippen LogP contribution in [0.4, 0.5) is 0 Å². The highest BCUT2D eigenvalue weighted by molar-refractivity contribution is 7.89. The Bertz CT molecular complexity index is 615. The first-order valence-electron chi connectivity index (χ1n) is 7.12. The number of primary sulfonamides is 1. The van der Waals surface area contributed by atoms with Crippen molar-refractivity contribution in [2.45, 2.75) is 30.4 Å². The molecule has 1 fully saturated rings. The van der Waals surface area contributed by atoms with Gasteiger partial charge in [0.15, 0.2) is 0 Å². The van der Waals surface area contributed by atoms with Crippen molar-refractivity contribution in [2.75, 3.05) is 19.7 Å². The number of carbonyl (C=O) groups is 1. The molecule has 0 bridgehead atoms. The standard InChI is InChI=1S/C14H21N3O4S/c1-10-13(16-8-9-21-10)14(18)17-7-6-11-2-4-12(5-3-11)22(15,19)20/h2-5,10,13,16H,6-9H2,1H3,(H,17,18)(H2,15,19,20)/t10-,13+/m1/s1. The van der Waals surface area contributed by atoms with Crippen molar-refractivity contribution < 1.29 is 17.9 Å². The number of carbonyl (C=O) groups excluding carboxylic acids is 1. The van der Waals surface area contributed by atoms with Gasteiger partial charge in [0.1, 0.15) is 6.04 Å². The third kappa shape index (κ3) is 4.51. The van der Waals surface area contributed by atoms with Crippen LogP contribution in [0.25, 0.3) is 0 Å². The molecule has 1 aromatic carbocycles. The van der Waals surface area contributed by atoms with Gasteiger partial charge in [-0.1, -0.05) is 12.1 Å². The number of sulfonamides is 1. The molecule has 22 heavy (non-hydrogen) atoms. The summed E-state index contributed by atoms with van der Waals surface area (Å²) in [6.45, 7) is 3.61. The normalized spacial score (nSPS) is 22.3. The molecular weight excluding hydrogens is 306 g/mol. The topological polar surface area (TPSA) is 111 Å². The van der Waals surface area contributed by atoms with E-state index in [1.807, 2.05) is 6.92 Å². The molecule has 1 saturated heterocycles. The van der Waals surface area contributed by atoms with E-state index in [4.69, 9.17) is 9.88 Å². The van der Waals surface area contributed by atoms with Crippen molar-refractivity contribution in [1.29, 1.82) is 0 Å². The van der Waals surface area contributed by atoms with E-state index in [2.05, 4.69) is 10.6 Å². The fourth-order valence-corrected chi connectivity index (χ4v) is 2.83. The summed E-state index contributed by atoms with van der Waals surface area (Å²) >= 11 is 0. The van der Waals surface area contributed by atoms with Gasteiger partial charge in [0.2, 0.25) is 15.9 Å². The summed E-state index contributed by atoms with van der Waals surface area (Å²) in [6, 6.07) is 5.97. The molecule has 4 N–H and O–H groups in total. The molecule has 8 heteroatoms. The summed E-state index contributed by atoms with van der Waals surface area (Å²) in [5.74, 6) is -0.0895. The van der Waals surface area contributed by atoms with Crippen LogP contribution in [0.15, 0.2) is 29.2 Å². The molecule has 1 aliphatic heterocycles. The lowest BCUT2D eigenvalue weighted by Crippen LogP contribution is -2.55. The average Bonchev–Trinajstić information content (AvgIpc) is 2.47. The van der Waals surface area contributed by atoms with Crippen molar-refractivity contribution in [3.8, 4) is 0 Å².